The van der Waals surface area contributed by atoms with Crippen molar-refractivity contribution in [2.24, 2.45) is 0 Å². The number of nitrogens with zero attached hydrogens (tertiary/aromatic N) is 1. The SMILES string of the molecule is CCn1cc(CO)c2ccc(F)cc21. The molecule has 2 nitrogen and oxygen atoms in total. The van der Waals surface area contributed by atoms with Crippen LogP contribution in [0.4, 0.5) is 4.39 Å². The largest absolute Gasteiger partial charge is 0.392 e. The number of halogens is 1. The van der Waals surface area contributed by atoms with E-state index in [-0.39, 0.29) is 12.4 Å². The van der Waals surface area contributed by atoms with Gasteiger partial charge in [0.15, 0.2) is 0 Å². The van der Waals surface area contributed by atoms with Crippen LogP contribution < -0.4 is 0 Å². The van der Waals surface area contributed by atoms with E-state index in [0.717, 1.165) is 23.0 Å². The number of fused-ring (bicyclic) bond motifs is 1. The summed E-state index contributed by atoms with van der Waals surface area (Å²) in [6.45, 7) is 2.76. The van der Waals surface area contributed by atoms with Gasteiger partial charge in [0.25, 0.3) is 0 Å². The highest BCUT2D eigenvalue weighted by molar-refractivity contribution is 5.83. The zero-order chi connectivity index (χ0) is 10.1. The van der Waals surface area contributed by atoms with Crippen molar-refractivity contribution in [3.63, 3.8) is 0 Å². The molecule has 3 heteroatoms. The Kier molecular flexibility index (Phi) is 2.25. The molecule has 0 aliphatic heterocycles. The fourth-order valence-electron chi connectivity index (χ4n) is 1.73. The van der Waals surface area contributed by atoms with E-state index in [4.69, 9.17) is 5.11 Å². The van der Waals surface area contributed by atoms with Crippen LogP contribution in [-0.2, 0) is 13.2 Å². The Morgan fingerprint density at radius 3 is 2.86 bits per heavy atom. The minimum absolute atomic E-state index is 0.00483. The number of hydrogen-bond acceptors (Lipinski definition) is 1. The van der Waals surface area contributed by atoms with Gasteiger partial charge < -0.3 is 9.67 Å². The van der Waals surface area contributed by atoms with Crippen molar-refractivity contribution in [2.75, 3.05) is 0 Å². The van der Waals surface area contributed by atoms with Gasteiger partial charge in [-0.3, -0.25) is 0 Å². The molecular formula is C11H12FNO. The lowest BCUT2D eigenvalue weighted by Crippen LogP contribution is -1.90. The number of hydrogen-bond donors (Lipinski definition) is 1. The van der Waals surface area contributed by atoms with Crippen LogP contribution in [0.3, 0.4) is 0 Å². The molecule has 1 aromatic carbocycles. The lowest BCUT2D eigenvalue weighted by Gasteiger charge is -1.99. The van der Waals surface area contributed by atoms with Crippen molar-refractivity contribution in [2.45, 2.75) is 20.1 Å². The van der Waals surface area contributed by atoms with Gasteiger partial charge in [-0.2, -0.15) is 0 Å². The van der Waals surface area contributed by atoms with Gasteiger partial charge in [-0.1, -0.05) is 0 Å². The van der Waals surface area contributed by atoms with Gasteiger partial charge in [-0.25, -0.2) is 4.39 Å². The second-order valence-corrected chi connectivity index (χ2v) is 3.26. The van der Waals surface area contributed by atoms with Crippen LogP contribution in [0.2, 0.25) is 0 Å². The maximum Gasteiger partial charge on any atom is 0.125 e. The second-order valence-electron chi connectivity index (χ2n) is 3.26. The summed E-state index contributed by atoms with van der Waals surface area (Å²) in [4.78, 5) is 0. The van der Waals surface area contributed by atoms with E-state index in [1.165, 1.54) is 12.1 Å². The Morgan fingerprint density at radius 2 is 2.21 bits per heavy atom. The van der Waals surface area contributed by atoms with Gasteiger partial charge in [-0.05, 0) is 25.1 Å². The molecule has 1 N–H and O–H groups in total. The summed E-state index contributed by atoms with van der Waals surface area (Å²) in [5.74, 6) is -0.241. The topological polar surface area (TPSA) is 25.2 Å². The van der Waals surface area contributed by atoms with Gasteiger partial charge >= 0.3 is 0 Å². The average Bonchev–Trinajstić information content (AvgIpc) is 2.55. The van der Waals surface area contributed by atoms with Crippen LogP contribution in [0.5, 0.6) is 0 Å². The normalized spacial score (nSPS) is 11.1. The smallest absolute Gasteiger partial charge is 0.125 e. The number of aromatic nitrogens is 1. The molecule has 2 rings (SSSR count). The van der Waals surface area contributed by atoms with E-state index in [0.29, 0.717) is 0 Å². The summed E-state index contributed by atoms with van der Waals surface area (Å²) >= 11 is 0. The van der Waals surface area contributed by atoms with E-state index in [1.54, 1.807) is 6.07 Å². The summed E-state index contributed by atoms with van der Waals surface area (Å²) in [6.07, 6.45) is 1.87. The Morgan fingerprint density at radius 1 is 1.43 bits per heavy atom. The van der Waals surface area contributed by atoms with E-state index < -0.39 is 0 Å². The molecule has 0 amide bonds. The quantitative estimate of drug-likeness (QED) is 0.777. The molecule has 0 atom stereocenters. The highest BCUT2D eigenvalue weighted by Crippen LogP contribution is 2.22. The van der Waals surface area contributed by atoms with Gasteiger partial charge in [-0.15, -0.1) is 0 Å². The summed E-state index contributed by atoms with van der Waals surface area (Å²) in [5.41, 5.74) is 1.69. The third-order valence-electron chi connectivity index (χ3n) is 2.44. The van der Waals surface area contributed by atoms with Crippen molar-refractivity contribution in [1.29, 1.82) is 0 Å². The monoisotopic (exact) mass is 193 g/mol. The molecule has 0 saturated heterocycles. The van der Waals surface area contributed by atoms with Crippen molar-refractivity contribution in [3.05, 3.63) is 35.8 Å². The zero-order valence-electron chi connectivity index (χ0n) is 8.00. The standard InChI is InChI=1S/C11H12FNO/c1-2-13-6-8(7-14)10-4-3-9(12)5-11(10)13/h3-6,14H,2,7H2,1H3. The first kappa shape index (κ1) is 9.21. The van der Waals surface area contributed by atoms with Crippen molar-refractivity contribution in [3.8, 4) is 0 Å². The summed E-state index contributed by atoms with van der Waals surface area (Å²) in [7, 11) is 0. The maximum absolute atomic E-state index is 13.0. The zero-order valence-corrected chi connectivity index (χ0v) is 8.00. The molecule has 0 saturated carbocycles. The van der Waals surface area contributed by atoms with Crippen LogP contribution in [0, 0.1) is 5.82 Å². The van der Waals surface area contributed by atoms with Crippen molar-refractivity contribution >= 4 is 10.9 Å². The number of aliphatic hydroxyl groups excluding tert-OH is 1. The van der Waals surface area contributed by atoms with Crippen LogP contribution >= 0.6 is 0 Å². The van der Waals surface area contributed by atoms with Crippen LogP contribution in [0.25, 0.3) is 10.9 Å². The Labute approximate surface area is 81.6 Å². The molecular weight excluding hydrogens is 181 g/mol. The van der Waals surface area contributed by atoms with E-state index in [9.17, 15) is 4.39 Å². The molecule has 0 aliphatic rings. The number of benzene rings is 1. The summed E-state index contributed by atoms with van der Waals surface area (Å²) in [5, 5.41) is 10.0. The minimum Gasteiger partial charge on any atom is -0.392 e. The third kappa shape index (κ3) is 1.30. The van der Waals surface area contributed by atoms with Crippen LogP contribution in [0.15, 0.2) is 24.4 Å². The average molecular weight is 193 g/mol. The highest BCUT2D eigenvalue weighted by Gasteiger charge is 2.07. The maximum atomic E-state index is 13.0. The molecule has 2 aromatic rings. The van der Waals surface area contributed by atoms with E-state index in [2.05, 4.69) is 0 Å². The lowest BCUT2D eigenvalue weighted by molar-refractivity contribution is 0.283. The first-order valence-corrected chi connectivity index (χ1v) is 4.64. The molecule has 74 valence electrons. The van der Waals surface area contributed by atoms with Crippen LogP contribution in [-0.4, -0.2) is 9.67 Å². The van der Waals surface area contributed by atoms with E-state index >= 15 is 0 Å². The molecule has 0 spiro atoms. The first-order chi connectivity index (χ1) is 6.76. The summed E-state index contributed by atoms with van der Waals surface area (Å²) in [6, 6.07) is 4.63. The molecule has 0 radical (unpaired) electrons. The van der Waals surface area contributed by atoms with Gasteiger partial charge in [0.1, 0.15) is 5.82 Å². The predicted octanol–water partition coefficient (Wildman–Crippen LogP) is 2.29. The number of rotatable bonds is 2. The summed E-state index contributed by atoms with van der Waals surface area (Å²) < 4.78 is 14.9. The molecule has 14 heavy (non-hydrogen) atoms. The highest BCUT2D eigenvalue weighted by atomic mass is 19.1. The van der Waals surface area contributed by atoms with Crippen LogP contribution in [0.1, 0.15) is 12.5 Å². The lowest BCUT2D eigenvalue weighted by atomic mass is 10.2. The molecule has 1 aromatic heterocycles. The van der Waals surface area contributed by atoms with Gasteiger partial charge in [0.2, 0.25) is 0 Å². The van der Waals surface area contributed by atoms with Gasteiger partial charge in [0.05, 0.1) is 12.1 Å². The number of aliphatic hydroxyl groups is 1. The van der Waals surface area contributed by atoms with Crippen molar-refractivity contribution in [1.82, 2.24) is 4.57 Å². The Balaban J connectivity index is 2.75. The molecule has 0 bridgehead atoms. The Bertz CT molecular complexity index is 462. The first-order valence-electron chi connectivity index (χ1n) is 4.64. The fraction of sp³-hybridized carbons (Fsp3) is 0.273. The van der Waals surface area contributed by atoms with Crippen molar-refractivity contribution < 1.29 is 9.50 Å². The van der Waals surface area contributed by atoms with Gasteiger partial charge in [0, 0.05) is 23.7 Å². The second kappa shape index (κ2) is 3.42. The molecule has 0 unspecified atom stereocenters. The Hall–Kier alpha value is -1.35. The third-order valence-corrected chi connectivity index (χ3v) is 2.44. The van der Waals surface area contributed by atoms with E-state index in [1.807, 2.05) is 17.7 Å². The molecule has 0 fully saturated rings. The fourth-order valence-corrected chi connectivity index (χ4v) is 1.73. The number of aryl methyl sites for hydroxylation is 1. The molecule has 0 aliphatic carbocycles. The molecule has 1 heterocycles. The minimum atomic E-state index is -0.241. The predicted molar refractivity (Wildman–Crippen MR) is 53.5 cm³/mol.